The molecule has 1 N–H and O–H groups in total. The Morgan fingerprint density at radius 2 is 2.13 bits per heavy atom. The molecule has 0 saturated carbocycles. The number of hydrogen-bond donors (Lipinski definition) is 1. The minimum absolute atomic E-state index is 0.235. The van der Waals surface area contributed by atoms with Crippen LogP contribution in [0.25, 0.3) is 5.65 Å². The standard InChI is InChI=1S/C16H18N6O/c1-10-7-11(2)22-14(18-10)8-12(20-22)16(23)19-15-9-17-13-5-3-4-6-21(13)15/h7-9H,3-6H2,1-2H3,(H,19,23). The molecule has 4 heterocycles. The van der Waals surface area contributed by atoms with Crippen molar-refractivity contribution in [3.8, 4) is 0 Å². The molecule has 7 heteroatoms. The van der Waals surface area contributed by atoms with Gasteiger partial charge in [-0.2, -0.15) is 5.10 Å². The summed E-state index contributed by atoms with van der Waals surface area (Å²) in [6.07, 6.45) is 4.96. The number of carbonyl (C=O) groups is 1. The van der Waals surface area contributed by atoms with Gasteiger partial charge in [0.25, 0.3) is 5.91 Å². The number of anilines is 1. The van der Waals surface area contributed by atoms with E-state index in [4.69, 9.17) is 0 Å². The first-order valence-corrected chi connectivity index (χ1v) is 7.81. The third kappa shape index (κ3) is 2.38. The van der Waals surface area contributed by atoms with Gasteiger partial charge < -0.3 is 9.88 Å². The zero-order valence-electron chi connectivity index (χ0n) is 13.2. The first-order chi connectivity index (χ1) is 11.1. The van der Waals surface area contributed by atoms with E-state index < -0.39 is 0 Å². The van der Waals surface area contributed by atoms with Gasteiger partial charge in [0.1, 0.15) is 11.6 Å². The summed E-state index contributed by atoms with van der Waals surface area (Å²) < 4.78 is 3.76. The van der Waals surface area contributed by atoms with Gasteiger partial charge in [0.15, 0.2) is 11.3 Å². The summed E-state index contributed by atoms with van der Waals surface area (Å²) in [6.45, 7) is 4.78. The van der Waals surface area contributed by atoms with Crippen LogP contribution in [-0.4, -0.2) is 30.1 Å². The van der Waals surface area contributed by atoms with Gasteiger partial charge in [-0.1, -0.05) is 0 Å². The van der Waals surface area contributed by atoms with E-state index in [9.17, 15) is 4.79 Å². The van der Waals surface area contributed by atoms with Crippen molar-refractivity contribution in [2.75, 3.05) is 5.32 Å². The first kappa shape index (κ1) is 13.9. The molecule has 3 aromatic rings. The van der Waals surface area contributed by atoms with Crippen LogP contribution < -0.4 is 5.32 Å². The van der Waals surface area contributed by atoms with Crippen LogP contribution in [0.1, 0.15) is 40.5 Å². The van der Waals surface area contributed by atoms with Gasteiger partial charge in [0.2, 0.25) is 0 Å². The molecule has 23 heavy (non-hydrogen) atoms. The average molecular weight is 310 g/mol. The maximum absolute atomic E-state index is 12.5. The van der Waals surface area contributed by atoms with Crippen molar-refractivity contribution in [1.82, 2.24) is 24.1 Å². The molecule has 0 spiro atoms. The number of aryl methyl sites for hydroxylation is 3. The Morgan fingerprint density at radius 3 is 3.00 bits per heavy atom. The van der Waals surface area contributed by atoms with Gasteiger partial charge >= 0.3 is 0 Å². The third-order valence-corrected chi connectivity index (χ3v) is 4.18. The molecule has 0 aromatic carbocycles. The number of fused-ring (bicyclic) bond motifs is 2. The second-order valence-corrected chi connectivity index (χ2v) is 5.96. The molecule has 1 aliphatic rings. The van der Waals surface area contributed by atoms with Crippen molar-refractivity contribution < 1.29 is 4.79 Å². The summed E-state index contributed by atoms with van der Waals surface area (Å²) in [4.78, 5) is 21.3. The van der Waals surface area contributed by atoms with Crippen molar-refractivity contribution in [2.24, 2.45) is 0 Å². The van der Waals surface area contributed by atoms with E-state index in [-0.39, 0.29) is 5.91 Å². The number of nitrogens with zero attached hydrogens (tertiary/aromatic N) is 5. The Balaban J connectivity index is 1.64. The Bertz CT molecular complexity index is 907. The zero-order valence-corrected chi connectivity index (χ0v) is 13.2. The number of nitrogens with one attached hydrogen (secondary N) is 1. The predicted octanol–water partition coefficient (Wildman–Crippen LogP) is 2.13. The van der Waals surface area contributed by atoms with Crippen molar-refractivity contribution in [3.63, 3.8) is 0 Å². The molecule has 4 rings (SSSR count). The Kier molecular flexibility index (Phi) is 3.14. The molecule has 7 nitrogen and oxygen atoms in total. The van der Waals surface area contributed by atoms with Gasteiger partial charge in [-0.15, -0.1) is 0 Å². The van der Waals surface area contributed by atoms with Crippen molar-refractivity contribution in [2.45, 2.75) is 39.7 Å². The summed E-state index contributed by atoms with van der Waals surface area (Å²) >= 11 is 0. The van der Waals surface area contributed by atoms with Crippen molar-refractivity contribution in [1.29, 1.82) is 0 Å². The van der Waals surface area contributed by atoms with Crippen LogP contribution >= 0.6 is 0 Å². The minimum Gasteiger partial charge on any atom is -0.315 e. The van der Waals surface area contributed by atoms with Crippen molar-refractivity contribution in [3.05, 3.63) is 41.2 Å². The Hall–Kier alpha value is -2.70. The van der Waals surface area contributed by atoms with E-state index in [1.165, 1.54) is 0 Å². The lowest BCUT2D eigenvalue weighted by Crippen LogP contribution is -2.18. The molecule has 0 atom stereocenters. The third-order valence-electron chi connectivity index (χ3n) is 4.18. The highest BCUT2D eigenvalue weighted by molar-refractivity contribution is 6.03. The molecule has 0 saturated heterocycles. The summed E-state index contributed by atoms with van der Waals surface area (Å²) in [7, 11) is 0. The van der Waals surface area contributed by atoms with Gasteiger partial charge in [0.05, 0.1) is 6.20 Å². The maximum Gasteiger partial charge on any atom is 0.277 e. The monoisotopic (exact) mass is 310 g/mol. The lowest BCUT2D eigenvalue weighted by Gasteiger charge is -2.16. The van der Waals surface area contributed by atoms with Crippen LogP contribution in [0.3, 0.4) is 0 Å². The fourth-order valence-corrected chi connectivity index (χ4v) is 3.09. The van der Waals surface area contributed by atoms with Crippen molar-refractivity contribution >= 4 is 17.4 Å². The molecule has 0 fully saturated rings. The lowest BCUT2D eigenvalue weighted by molar-refractivity contribution is 0.102. The Labute approximate surface area is 133 Å². The van der Waals surface area contributed by atoms with E-state index in [2.05, 4.69) is 25.0 Å². The minimum atomic E-state index is -0.235. The van der Waals surface area contributed by atoms with Crippen LogP contribution in [0.15, 0.2) is 18.3 Å². The van der Waals surface area contributed by atoms with Gasteiger partial charge in [-0.05, 0) is 32.8 Å². The number of amides is 1. The van der Waals surface area contributed by atoms with Crippen LogP contribution in [0.4, 0.5) is 5.82 Å². The molecule has 0 aliphatic carbocycles. The number of hydrogen-bond acceptors (Lipinski definition) is 4. The van der Waals surface area contributed by atoms with Crippen LogP contribution in [0.2, 0.25) is 0 Å². The van der Waals surface area contributed by atoms with Gasteiger partial charge in [0, 0.05) is 30.4 Å². The largest absolute Gasteiger partial charge is 0.315 e. The number of imidazole rings is 1. The molecule has 1 amide bonds. The SMILES string of the molecule is Cc1cc(C)n2nc(C(=O)Nc3cnc4n3CCCC4)cc2n1. The summed E-state index contributed by atoms with van der Waals surface area (Å²) in [6, 6.07) is 3.65. The molecule has 0 radical (unpaired) electrons. The fourth-order valence-electron chi connectivity index (χ4n) is 3.09. The highest BCUT2D eigenvalue weighted by atomic mass is 16.2. The van der Waals surface area contributed by atoms with Gasteiger partial charge in [-0.25, -0.2) is 14.5 Å². The molecular formula is C16H18N6O. The van der Waals surface area contributed by atoms with Gasteiger partial charge in [-0.3, -0.25) is 4.79 Å². The highest BCUT2D eigenvalue weighted by Crippen LogP contribution is 2.20. The molecule has 0 unspecified atom stereocenters. The highest BCUT2D eigenvalue weighted by Gasteiger charge is 2.18. The first-order valence-electron chi connectivity index (χ1n) is 7.81. The number of aromatic nitrogens is 5. The summed E-state index contributed by atoms with van der Waals surface area (Å²) in [5.41, 5.74) is 2.90. The molecule has 1 aliphatic heterocycles. The normalized spacial score (nSPS) is 14.0. The lowest BCUT2D eigenvalue weighted by atomic mass is 10.2. The Morgan fingerprint density at radius 1 is 1.26 bits per heavy atom. The van der Waals surface area contributed by atoms with Crippen LogP contribution in [0, 0.1) is 13.8 Å². The number of rotatable bonds is 2. The smallest absolute Gasteiger partial charge is 0.277 e. The average Bonchev–Trinajstić information content (AvgIpc) is 3.12. The van der Waals surface area contributed by atoms with E-state index >= 15 is 0 Å². The number of carbonyl (C=O) groups excluding carboxylic acids is 1. The summed E-state index contributed by atoms with van der Waals surface area (Å²) in [5.74, 6) is 1.54. The van der Waals surface area contributed by atoms with Crippen LogP contribution in [-0.2, 0) is 13.0 Å². The fraction of sp³-hybridized carbons (Fsp3) is 0.375. The molecular weight excluding hydrogens is 292 g/mol. The molecule has 3 aromatic heterocycles. The quantitative estimate of drug-likeness (QED) is 0.786. The van der Waals surface area contributed by atoms with E-state index in [1.807, 2.05) is 19.9 Å². The second kappa shape index (κ2) is 5.19. The summed E-state index contributed by atoms with van der Waals surface area (Å²) in [5, 5.41) is 7.28. The maximum atomic E-state index is 12.5. The predicted molar refractivity (Wildman–Crippen MR) is 85.6 cm³/mol. The van der Waals surface area contributed by atoms with E-state index in [0.717, 1.165) is 48.8 Å². The topological polar surface area (TPSA) is 77.1 Å². The zero-order chi connectivity index (χ0) is 16.0. The second-order valence-electron chi connectivity index (χ2n) is 5.96. The van der Waals surface area contributed by atoms with E-state index in [0.29, 0.717) is 11.3 Å². The van der Waals surface area contributed by atoms with E-state index in [1.54, 1.807) is 16.8 Å². The molecule has 0 bridgehead atoms. The van der Waals surface area contributed by atoms with Crippen LogP contribution in [0.5, 0.6) is 0 Å². The molecule has 118 valence electrons.